The fourth-order valence-electron chi connectivity index (χ4n) is 2.11. The molecule has 0 saturated heterocycles. The number of hydrogen-bond donors (Lipinski definition) is 1. The molecule has 0 fully saturated rings. The second-order valence-electron chi connectivity index (χ2n) is 5.81. The van der Waals surface area contributed by atoms with Gasteiger partial charge < -0.3 is 14.3 Å². The van der Waals surface area contributed by atoms with E-state index in [0.29, 0.717) is 16.7 Å². The topological polar surface area (TPSA) is 59.7 Å². The number of rotatable bonds is 3. The highest BCUT2D eigenvalue weighted by Crippen LogP contribution is 2.33. The normalized spacial score (nSPS) is 11.8. The lowest BCUT2D eigenvalue weighted by Gasteiger charge is -2.15. The maximum absolute atomic E-state index is 11.2. The summed E-state index contributed by atoms with van der Waals surface area (Å²) in [5.41, 5.74) is 0.811. The largest absolute Gasteiger partial charge is 0.493 e. The average molecular weight is 262 g/mol. The van der Waals surface area contributed by atoms with E-state index in [-0.39, 0.29) is 11.0 Å². The molecular formula is C15H18O4. The van der Waals surface area contributed by atoms with Crippen molar-refractivity contribution in [2.45, 2.75) is 27.2 Å². The van der Waals surface area contributed by atoms with E-state index < -0.39 is 5.97 Å². The molecule has 102 valence electrons. The molecule has 2 aromatic rings. The van der Waals surface area contributed by atoms with Crippen molar-refractivity contribution in [1.82, 2.24) is 0 Å². The van der Waals surface area contributed by atoms with E-state index in [1.807, 2.05) is 0 Å². The summed E-state index contributed by atoms with van der Waals surface area (Å²) in [6, 6.07) is 4.96. The van der Waals surface area contributed by atoms with Gasteiger partial charge in [-0.25, -0.2) is 4.79 Å². The first-order valence-electron chi connectivity index (χ1n) is 6.14. The third kappa shape index (κ3) is 2.72. The molecule has 1 aromatic heterocycles. The Balaban J connectivity index is 2.61. The lowest BCUT2D eigenvalue weighted by atomic mass is 9.91. The van der Waals surface area contributed by atoms with Gasteiger partial charge in [0.25, 0.3) is 0 Å². The molecule has 0 aliphatic rings. The van der Waals surface area contributed by atoms with Crippen molar-refractivity contribution in [2.24, 2.45) is 5.41 Å². The maximum atomic E-state index is 11.2. The lowest BCUT2D eigenvalue weighted by Crippen LogP contribution is -2.08. The van der Waals surface area contributed by atoms with Gasteiger partial charge in [-0.1, -0.05) is 20.8 Å². The van der Waals surface area contributed by atoms with Crippen molar-refractivity contribution in [2.75, 3.05) is 7.11 Å². The summed E-state index contributed by atoms with van der Waals surface area (Å²) < 4.78 is 11.0. The number of furan rings is 1. The maximum Gasteiger partial charge on any atom is 0.336 e. The van der Waals surface area contributed by atoms with Crippen LogP contribution in [0.1, 0.15) is 36.9 Å². The van der Waals surface area contributed by atoms with Crippen LogP contribution < -0.4 is 4.74 Å². The highest BCUT2D eigenvalue weighted by Gasteiger charge is 2.20. The van der Waals surface area contributed by atoms with Crippen LogP contribution in [0.25, 0.3) is 11.0 Å². The number of carboxylic acid groups (broad SMARTS) is 1. The van der Waals surface area contributed by atoms with Crippen LogP contribution in [-0.4, -0.2) is 18.2 Å². The van der Waals surface area contributed by atoms with Gasteiger partial charge in [0, 0.05) is 11.8 Å². The standard InChI is InChI=1S/C15H18O4/c1-15(2,3)8-9-7-11-10(14(16)17)5-6-12(18-4)13(11)19-9/h5-7H,8H2,1-4H3,(H,16,17). The summed E-state index contributed by atoms with van der Waals surface area (Å²) in [6.45, 7) is 6.32. The summed E-state index contributed by atoms with van der Waals surface area (Å²) in [4.78, 5) is 11.2. The Morgan fingerprint density at radius 2 is 2.05 bits per heavy atom. The van der Waals surface area contributed by atoms with E-state index in [1.54, 1.807) is 25.3 Å². The van der Waals surface area contributed by atoms with Gasteiger partial charge in [-0.2, -0.15) is 0 Å². The number of methoxy groups -OCH3 is 1. The van der Waals surface area contributed by atoms with Crippen molar-refractivity contribution in [1.29, 1.82) is 0 Å². The van der Waals surface area contributed by atoms with Crippen LogP contribution in [0.3, 0.4) is 0 Å². The Morgan fingerprint density at radius 3 is 2.58 bits per heavy atom. The zero-order valence-corrected chi connectivity index (χ0v) is 11.6. The third-order valence-corrected chi connectivity index (χ3v) is 2.85. The summed E-state index contributed by atoms with van der Waals surface area (Å²) >= 11 is 0. The quantitative estimate of drug-likeness (QED) is 0.915. The summed E-state index contributed by atoms with van der Waals surface area (Å²) in [7, 11) is 1.54. The second kappa shape index (κ2) is 4.61. The number of benzene rings is 1. The summed E-state index contributed by atoms with van der Waals surface area (Å²) in [5.74, 6) is 0.366. The van der Waals surface area contributed by atoms with Crippen LogP contribution in [0.4, 0.5) is 0 Å². The van der Waals surface area contributed by atoms with Gasteiger partial charge in [0.2, 0.25) is 0 Å². The highest BCUT2D eigenvalue weighted by atomic mass is 16.5. The van der Waals surface area contributed by atoms with Crippen LogP contribution in [0.15, 0.2) is 22.6 Å². The van der Waals surface area contributed by atoms with Gasteiger partial charge in [-0.05, 0) is 23.6 Å². The van der Waals surface area contributed by atoms with Gasteiger partial charge in [-0.15, -0.1) is 0 Å². The smallest absolute Gasteiger partial charge is 0.336 e. The van der Waals surface area contributed by atoms with Crippen molar-refractivity contribution in [3.05, 3.63) is 29.5 Å². The molecular weight excluding hydrogens is 244 g/mol. The summed E-state index contributed by atoms with van der Waals surface area (Å²) in [5, 5.41) is 9.79. The first-order chi connectivity index (χ1) is 8.81. The molecule has 4 heteroatoms. The minimum atomic E-state index is -0.962. The molecule has 0 radical (unpaired) electrons. The van der Waals surface area contributed by atoms with Gasteiger partial charge >= 0.3 is 5.97 Å². The SMILES string of the molecule is COc1ccc(C(=O)O)c2cc(CC(C)(C)C)oc12. The Kier molecular flexibility index (Phi) is 3.27. The average Bonchev–Trinajstić information content (AvgIpc) is 2.67. The van der Waals surface area contributed by atoms with Crippen molar-refractivity contribution in [3.63, 3.8) is 0 Å². The Hall–Kier alpha value is -1.97. The van der Waals surface area contributed by atoms with E-state index >= 15 is 0 Å². The minimum absolute atomic E-state index is 0.0739. The van der Waals surface area contributed by atoms with E-state index in [9.17, 15) is 9.90 Å². The molecule has 0 spiro atoms. The molecule has 1 aromatic carbocycles. The van der Waals surface area contributed by atoms with Crippen LogP contribution in [0.2, 0.25) is 0 Å². The number of hydrogen-bond acceptors (Lipinski definition) is 3. The predicted octanol–water partition coefficient (Wildman–Crippen LogP) is 3.73. The Bertz CT molecular complexity index is 617. The molecule has 0 bridgehead atoms. The molecule has 4 nitrogen and oxygen atoms in total. The van der Waals surface area contributed by atoms with E-state index in [1.165, 1.54) is 0 Å². The second-order valence-corrected chi connectivity index (χ2v) is 5.81. The zero-order chi connectivity index (χ0) is 14.2. The monoisotopic (exact) mass is 262 g/mol. The number of ether oxygens (including phenoxy) is 1. The van der Waals surface area contributed by atoms with Crippen LogP contribution in [-0.2, 0) is 6.42 Å². The molecule has 0 aliphatic carbocycles. The number of fused-ring (bicyclic) bond motifs is 1. The predicted molar refractivity (Wildman–Crippen MR) is 72.9 cm³/mol. The molecule has 1 heterocycles. The molecule has 1 N–H and O–H groups in total. The van der Waals surface area contributed by atoms with Crippen molar-refractivity contribution >= 4 is 16.9 Å². The highest BCUT2D eigenvalue weighted by molar-refractivity contribution is 6.04. The number of aromatic carboxylic acids is 1. The van der Waals surface area contributed by atoms with Crippen molar-refractivity contribution < 1.29 is 19.1 Å². The number of carbonyl (C=O) groups is 1. The van der Waals surface area contributed by atoms with Gasteiger partial charge in [0.1, 0.15) is 5.76 Å². The van der Waals surface area contributed by atoms with E-state index in [2.05, 4.69) is 20.8 Å². The van der Waals surface area contributed by atoms with Crippen molar-refractivity contribution in [3.8, 4) is 5.75 Å². The Morgan fingerprint density at radius 1 is 1.37 bits per heavy atom. The van der Waals surface area contributed by atoms with Crippen LogP contribution in [0, 0.1) is 5.41 Å². The van der Waals surface area contributed by atoms with E-state index in [4.69, 9.17) is 9.15 Å². The van der Waals surface area contributed by atoms with Gasteiger partial charge in [0.15, 0.2) is 11.3 Å². The Labute approximate surface area is 112 Å². The molecule has 0 atom stereocenters. The molecule has 0 amide bonds. The van der Waals surface area contributed by atoms with Gasteiger partial charge in [-0.3, -0.25) is 0 Å². The first kappa shape index (κ1) is 13.5. The van der Waals surface area contributed by atoms with E-state index in [0.717, 1.165) is 12.2 Å². The zero-order valence-electron chi connectivity index (χ0n) is 11.6. The minimum Gasteiger partial charge on any atom is -0.493 e. The number of carboxylic acids is 1. The van der Waals surface area contributed by atoms with Crippen LogP contribution >= 0.6 is 0 Å². The molecule has 0 aliphatic heterocycles. The summed E-state index contributed by atoms with van der Waals surface area (Å²) in [6.07, 6.45) is 0.740. The molecule has 2 rings (SSSR count). The lowest BCUT2D eigenvalue weighted by molar-refractivity contribution is 0.0699. The van der Waals surface area contributed by atoms with Gasteiger partial charge in [0.05, 0.1) is 12.7 Å². The first-order valence-corrected chi connectivity index (χ1v) is 6.14. The molecule has 0 saturated carbocycles. The van der Waals surface area contributed by atoms with Crippen LogP contribution in [0.5, 0.6) is 5.75 Å². The molecule has 0 unspecified atom stereocenters. The molecule has 19 heavy (non-hydrogen) atoms. The fraction of sp³-hybridized carbons (Fsp3) is 0.400. The third-order valence-electron chi connectivity index (χ3n) is 2.85. The fourth-order valence-corrected chi connectivity index (χ4v) is 2.11.